The molecule has 0 spiro atoms. The number of hydrogen-bond donors (Lipinski definition) is 1. The molecule has 96 valence electrons. The molecule has 1 aromatic rings. The first-order valence-electron chi connectivity index (χ1n) is 6.65. The third kappa shape index (κ3) is 2.31. The van der Waals surface area contributed by atoms with E-state index >= 15 is 0 Å². The predicted molar refractivity (Wildman–Crippen MR) is 74.0 cm³/mol. The number of carbonyl (C=O) groups is 1. The van der Waals surface area contributed by atoms with Gasteiger partial charge in [0.1, 0.15) is 0 Å². The molecule has 1 fully saturated rings. The number of hydrogen-bond acceptors (Lipinski definition) is 4. The molecule has 0 radical (unpaired) electrons. The molecule has 1 aliphatic heterocycles. The lowest BCUT2D eigenvalue weighted by atomic mass is 9.82. The van der Waals surface area contributed by atoms with Crippen molar-refractivity contribution in [2.75, 3.05) is 18.1 Å². The Labute approximate surface area is 112 Å². The van der Waals surface area contributed by atoms with Crippen molar-refractivity contribution >= 4 is 17.5 Å². The Morgan fingerprint density at radius 1 is 1.50 bits per heavy atom. The molecule has 2 atom stereocenters. The SMILES string of the molecule is O=C(C1CSCCN1)C1CCCc2cccnc21. The zero-order valence-electron chi connectivity index (χ0n) is 10.4. The summed E-state index contributed by atoms with van der Waals surface area (Å²) in [6, 6.07) is 4.12. The van der Waals surface area contributed by atoms with Crippen molar-refractivity contribution in [3.05, 3.63) is 29.6 Å². The van der Waals surface area contributed by atoms with Crippen LogP contribution in [0.3, 0.4) is 0 Å². The van der Waals surface area contributed by atoms with Crippen LogP contribution in [-0.4, -0.2) is 34.9 Å². The second-order valence-electron chi connectivity index (χ2n) is 4.98. The average Bonchev–Trinajstić information content (AvgIpc) is 2.47. The van der Waals surface area contributed by atoms with E-state index in [1.165, 1.54) is 5.56 Å². The van der Waals surface area contributed by atoms with Crippen LogP contribution in [0.1, 0.15) is 30.0 Å². The second kappa shape index (κ2) is 5.41. The smallest absolute Gasteiger partial charge is 0.159 e. The normalized spacial score (nSPS) is 27.6. The van der Waals surface area contributed by atoms with Crippen LogP contribution in [-0.2, 0) is 11.2 Å². The average molecular weight is 262 g/mol. The summed E-state index contributed by atoms with van der Waals surface area (Å²) in [5, 5.41) is 3.35. The fourth-order valence-corrected chi connectivity index (χ4v) is 3.82. The Morgan fingerprint density at radius 3 is 3.28 bits per heavy atom. The highest BCUT2D eigenvalue weighted by Gasteiger charge is 2.32. The van der Waals surface area contributed by atoms with E-state index in [1.54, 1.807) is 0 Å². The monoisotopic (exact) mass is 262 g/mol. The summed E-state index contributed by atoms with van der Waals surface area (Å²) in [6.07, 6.45) is 4.95. The van der Waals surface area contributed by atoms with Gasteiger partial charge in [0, 0.05) is 24.2 Å². The molecule has 0 saturated carbocycles. The maximum atomic E-state index is 12.6. The molecule has 0 aromatic carbocycles. The van der Waals surface area contributed by atoms with Gasteiger partial charge >= 0.3 is 0 Å². The molecule has 1 N–H and O–H groups in total. The summed E-state index contributed by atoms with van der Waals surface area (Å²) in [4.78, 5) is 17.1. The number of rotatable bonds is 2. The number of carbonyl (C=O) groups excluding carboxylic acids is 1. The van der Waals surface area contributed by atoms with Crippen LogP contribution < -0.4 is 5.32 Å². The topological polar surface area (TPSA) is 42.0 Å². The first-order chi connectivity index (χ1) is 8.86. The van der Waals surface area contributed by atoms with Gasteiger partial charge in [-0.3, -0.25) is 9.78 Å². The van der Waals surface area contributed by atoms with E-state index in [9.17, 15) is 4.79 Å². The van der Waals surface area contributed by atoms with Crippen LogP contribution in [0.4, 0.5) is 0 Å². The van der Waals surface area contributed by atoms with Crippen molar-refractivity contribution in [1.82, 2.24) is 10.3 Å². The molecule has 2 heterocycles. The molecule has 1 saturated heterocycles. The van der Waals surface area contributed by atoms with Crippen molar-refractivity contribution in [1.29, 1.82) is 0 Å². The number of fused-ring (bicyclic) bond motifs is 1. The lowest BCUT2D eigenvalue weighted by Gasteiger charge is -2.29. The van der Waals surface area contributed by atoms with Gasteiger partial charge in [-0.15, -0.1) is 0 Å². The highest BCUT2D eigenvalue weighted by molar-refractivity contribution is 7.99. The van der Waals surface area contributed by atoms with Crippen molar-refractivity contribution in [3.63, 3.8) is 0 Å². The van der Waals surface area contributed by atoms with Gasteiger partial charge in [0.25, 0.3) is 0 Å². The van der Waals surface area contributed by atoms with Crippen LogP contribution in [0.15, 0.2) is 18.3 Å². The zero-order valence-corrected chi connectivity index (χ0v) is 11.2. The van der Waals surface area contributed by atoms with E-state index in [4.69, 9.17) is 0 Å². The molecule has 3 rings (SSSR count). The lowest BCUT2D eigenvalue weighted by molar-refractivity contribution is -0.122. The van der Waals surface area contributed by atoms with E-state index in [-0.39, 0.29) is 12.0 Å². The predicted octanol–water partition coefficient (Wildman–Crippen LogP) is 1.78. The van der Waals surface area contributed by atoms with Crippen molar-refractivity contribution in [2.45, 2.75) is 31.2 Å². The van der Waals surface area contributed by atoms with Crippen molar-refractivity contribution in [3.8, 4) is 0 Å². The number of pyridine rings is 1. The largest absolute Gasteiger partial charge is 0.306 e. The molecule has 0 bridgehead atoms. The van der Waals surface area contributed by atoms with Gasteiger partial charge in [0.2, 0.25) is 0 Å². The zero-order chi connectivity index (χ0) is 12.4. The maximum Gasteiger partial charge on any atom is 0.159 e. The van der Waals surface area contributed by atoms with E-state index in [1.807, 2.05) is 24.0 Å². The number of thioether (sulfide) groups is 1. The van der Waals surface area contributed by atoms with Crippen molar-refractivity contribution < 1.29 is 4.79 Å². The summed E-state index contributed by atoms with van der Waals surface area (Å²) in [7, 11) is 0. The molecule has 1 aromatic heterocycles. The first kappa shape index (κ1) is 12.2. The Bertz CT molecular complexity index is 443. The molecular weight excluding hydrogens is 244 g/mol. The maximum absolute atomic E-state index is 12.6. The Hall–Kier alpha value is -0.870. The van der Waals surface area contributed by atoms with Gasteiger partial charge in [-0.1, -0.05) is 6.07 Å². The quantitative estimate of drug-likeness (QED) is 0.882. The fourth-order valence-electron chi connectivity index (χ4n) is 2.88. The van der Waals surface area contributed by atoms with Crippen molar-refractivity contribution in [2.24, 2.45) is 0 Å². The molecule has 2 unspecified atom stereocenters. The number of ketones is 1. The minimum absolute atomic E-state index is 0.0196. The number of Topliss-reactive ketones (excluding diaryl/α,β-unsaturated/α-hetero) is 1. The summed E-state index contributed by atoms with van der Waals surface area (Å²) in [6.45, 7) is 0.947. The van der Waals surface area contributed by atoms with E-state index in [2.05, 4.69) is 16.4 Å². The van der Waals surface area contributed by atoms with E-state index < -0.39 is 0 Å². The number of aryl methyl sites for hydroxylation is 1. The highest BCUT2D eigenvalue weighted by atomic mass is 32.2. The Kier molecular flexibility index (Phi) is 3.66. The van der Waals surface area contributed by atoms with Gasteiger partial charge in [-0.2, -0.15) is 11.8 Å². The Balaban J connectivity index is 1.82. The summed E-state index contributed by atoms with van der Waals surface area (Å²) < 4.78 is 0. The third-order valence-corrected chi connectivity index (χ3v) is 4.87. The van der Waals surface area contributed by atoms with Crippen LogP contribution in [0, 0.1) is 0 Å². The summed E-state index contributed by atoms with van der Waals surface area (Å²) in [5.41, 5.74) is 2.30. The van der Waals surface area contributed by atoms with Crippen LogP contribution in [0.5, 0.6) is 0 Å². The summed E-state index contributed by atoms with van der Waals surface area (Å²) >= 11 is 1.87. The van der Waals surface area contributed by atoms with Crippen LogP contribution in [0.2, 0.25) is 0 Å². The summed E-state index contributed by atoms with van der Waals surface area (Å²) in [5.74, 6) is 2.40. The van der Waals surface area contributed by atoms with Crippen LogP contribution >= 0.6 is 11.8 Å². The minimum Gasteiger partial charge on any atom is -0.306 e. The van der Waals surface area contributed by atoms with Gasteiger partial charge in [-0.05, 0) is 30.9 Å². The lowest BCUT2D eigenvalue weighted by Crippen LogP contribution is -2.46. The highest BCUT2D eigenvalue weighted by Crippen LogP contribution is 2.32. The molecule has 1 aliphatic carbocycles. The molecule has 2 aliphatic rings. The standard InChI is InChI=1S/C14H18N2OS/c17-14(12-9-18-8-7-15-12)11-5-1-3-10-4-2-6-16-13(10)11/h2,4,6,11-12,15H,1,3,5,7-9H2. The van der Waals surface area contributed by atoms with Gasteiger partial charge in [0.05, 0.1) is 17.7 Å². The van der Waals surface area contributed by atoms with E-state index in [0.29, 0.717) is 5.78 Å². The molecule has 3 nitrogen and oxygen atoms in total. The second-order valence-corrected chi connectivity index (χ2v) is 6.13. The van der Waals surface area contributed by atoms with Gasteiger partial charge in [-0.25, -0.2) is 0 Å². The fraction of sp³-hybridized carbons (Fsp3) is 0.571. The van der Waals surface area contributed by atoms with Gasteiger partial charge < -0.3 is 5.32 Å². The Morgan fingerprint density at radius 2 is 2.44 bits per heavy atom. The first-order valence-corrected chi connectivity index (χ1v) is 7.80. The van der Waals surface area contributed by atoms with E-state index in [0.717, 1.165) is 43.0 Å². The number of aromatic nitrogens is 1. The number of nitrogens with zero attached hydrogens (tertiary/aromatic N) is 1. The minimum atomic E-state index is 0.0196. The molecular formula is C14H18N2OS. The van der Waals surface area contributed by atoms with Gasteiger partial charge in [0.15, 0.2) is 5.78 Å². The number of nitrogens with one attached hydrogen (secondary N) is 1. The van der Waals surface area contributed by atoms with Crippen LogP contribution in [0.25, 0.3) is 0 Å². The third-order valence-electron chi connectivity index (χ3n) is 3.80. The molecule has 4 heteroatoms. The molecule has 18 heavy (non-hydrogen) atoms. The molecule has 0 amide bonds.